The first-order chi connectivity index (χ1) is 5.74. The van der Waals surface area contributed by atoms with Gasteiger partial charge in [-0.2, -0.15) is 0 Å². The maximum absolute atomic E-state index is 12.3. The molecule has 0 heterocycles. The van der Waals surface area contributed by atoms with Crippen LogP contribution in [-0.2, 0) is 0 Å². The number of halogens is 1. The highest BCUT2D eigenvalue weighted by molar-refractivity contribution is 6.13. The Labute approximate surface area is 70.7 Å². The zero-order valence-corrected chi connectivity index (χ0v) is 6.70. The molecule has 0 atom stereocenters. The predicted octanol–water partition coefficient (Wildman–Crippen LogP) is 0.0718. The Bertz CT molecular complexity index is 220. The smallest absolute Gasteiger partial charge is 0.432 e. The molecule has 1 rings (SSSR count). The summed E-state index contributed by atoms with van der Waals surface area (Å²) in [5, 5.41) is 14.2. The van der Waals surface area contributed by atoms with E-state index in [1.807, 2.05) is 0 Å². The van der Waals surface area contributed by atoms with Crippen LogP contribution in [0.5, 0.6) is 5.75 Å². The van der Waals surface area contributed by atoms with Crippen LogP contribution in [-0.4, -0.2) is 24.8 Å². The second-order valence-electron chi connectivity index (χ2n) is 1.80. The van der Waals surface area contributed by atoms with Gasteiger partial charge < -0.3 is 14.8 Å². The van der Waals surface area contributed by atoms with Crippen LogP contribution in [0.1, 0.15) is 0 Å². The van der Waals surface area contributed by atoms with Crippen molar-refractivity contribution in [2.75, 3.05) is 7.11 Å². The zero-order valence-electron chi connectivity index (χ0n) is 6.70. The molecule has 5 heteroatoms. The van der Waals surface area contributed by atoms with Gasteiger partial charge in [0.15, 0.2) is 0 Å². The minimum Gasteiger partial charge on any atom is -0.497 e. The van der Waals surface area contributed by atoms with Gasteiger partial charge in [0.2, 0.25) is 0 Å². The van der Waals surface area contributed by atoms with Crippen LogP contribution in [0, 0.1) is 5.82 Å². The lowest BCUT2D eigenvalue weighted by atomic mass is 10.3. The Morgan fingerprint density at radius 2 is 2.00 bits per heavy atom. The van der Waals surface area contributed by atoms with E-state index in [0.717, 1.165) is 0 Å². The molecule has 0 aliphatic heterocycles. The van der Waals surface area contributed by atoms with Crippen LogP contribution in [0.4, 0.5) is 4.39 Å². The number of ether oxygens (including phenoxy) is 1. The van der Waals surface area contributed by atoms with Crippen molar-refractivity contribution in [2.24, 2.45) is 0 Å². The summed E-state index contributed by atoms with van der Waals surface area (Å²) in [6, 6.07) is 6.01. The van der Waals surface area contributed by atoms with Gasteiger partial charge in [-0.1, -0.05) is 6.07 Å². The third kappa shape index (κ3) is 4.70. The van der Waals surface area contributed by atoms with Gasteiger partial charge in [-0.05, 0) is 12.1 Å². The summed E-state index contributed by atoms with van der Waals surface area (Å²) in [4.78, 5) is 0. The number of benzene rings is 1. The summed E-state index contributed by atoms with van der Waals surface area (Å²) >= 11 is 0. The van der Waals surface area contributed by atoms with Crippen molar-refractivity contribution >= 4 is 7.69 Å². The first-order valence-electron chi connectivity index (χ1n) is 3.26. The monoisotopic (exact) mass is 172 g/mol. The minimum atomic E-state index is -0.750. The van der Waals surface area contributed by atoms with Gasteiger partial charge in [0.05, 0.1) is 7.11 Å². The third-order valence-corrected chi connectivity index (χ3v) is 1.03. The normalized spacial score (nSPS) is 8.00. The van der Waals surface area contributed by atoms with Crippen LogP contribution in [0.15, 0.2) is 24.3 Å². The van der Waals surface area contributed by atoms with Crippen molar-refractivity contribution in [1.82, 2.24) is 0 Å². The molecule has 66 valence electrons. The van der Waals surface area contributed by atoms with E-state index >= 15 is 0 Å². The summed E-state index contributed by atoms with van der Waals surface area (Å²) in [6.07, 6.45) is 0. The highest BCUT2D eigenvalue weighted by Gasteiger charge is 1.90. The van der Waals surface area contributed by atoms with Gasteiger partial charge in [0.25, 0.3) is 0 Å². The molecule has 0 aliphatic rings. The Hall–Kier alpha value is -1.07. The second-order valence-corrected chi connectivity index (χ2v) is 1.80. The first kappa shape index (κ1) is 10.9. The predicted molar refractivity (Wildman–Crippen MR) is 44.5 cm³/mol. The van der Waals surface area contributed by atoms with E-state index in [2.05, 4.69) is 0 Å². The van der Waals surface area contributed by atoms with Crippen LogP contribution >= 0.6 is 0 Å². The summed E-state index contributed by atoms with van der Waals surface area (Å²) in [6.45, 7) is 0. The zero-order chi connectivity index (χ0) is 9.40. The molecule has 0 bridgehead atoms. The Morgan fingerprint density at radius 3 is 2.33 bits per heavy atom. The van der Waals surface area contributed by atoms with Crippen molar-refractivity contribution in [2.45, 2.75) is 0 Å². The molecule has 0 fully saturated rings. The number of rotatable bonds is 1. The van der Waals surface area contributed by atoms with Gasteiger partial charge in [-0.15, -0.1) is 0 Å². The molecule has 0 amide bonds. The summed E-state index contributed by atoms with van der Waals surface area (Å²) in [7, 11) is 0.759. The molecular formula is C7H10BFO3. The van der Waals surface area contributed by atoms with Crippen LogP contribution in [0.3, 0.4) is 0 Å². The largest absolute Gasteiger partial charge is 0.497 e. The fourth-order valence-electron chi connectivity index (χ4n) is 0.594. The average Bonchev–Trinajstić information content (AvgIpc) is 2.06. The van der Waals surface area contributed by atoms with E-state index in [1.54, 1.807) is 12.1 Å². The van der Waals surface area contributed by atoms with E-state index in [-0.39, 0.29) is 5.82 Å². The number of hydrogen-bond acceptors (Lipinski definition) is 3. The second kappa shape index (κ2) is 6.63. The fourth-order valence-corrected chi connectivity index (χ4v) is 0.594. The van der Waals surface area contributed by atoms with Crippen molar-refractivity contribution in [1.29, 1.82) is 0 Å². The first-order valence-corrected chi connectivity index (χ1v) is 3.26. The molecule has 3 nitrogen and oxygen atoms in total. The quantitative estimate of drug-likeness (QED) is 0.589. The highest BCUT2D eigenvalue weighted by atomic mass is 19.1. The maximum atomic E-state index is 12.3. The number of hydrogen-bond donors (Lipinski definition) is 2. The lowest BCUT2D eigenvalue weighted by Crippen LogP contribution is -1.81. The Balaban J connectivity index is 0.000000354. The minimum absolute atomic E-state index is 0.269. The van der Waals surface area contributed by atoms with Gasteiger partial charge in [-0.25, -0.2) is 4.39 Å². The molecule has 0 radical (unpaired) electrons. The molecule has 0 saturated heterocycles. The van der Waals surface area contributed by atoms with Gasteiger partial charge in [0.1, 0.15) is 11.6 Å². The van der Waals surface area contributed by atoms with E-state index < -0.39 is 7.69 Å². The highest BCUT2D eigenvalue weighted by Crippen LogP contribution is 2.09. The molecule has 0 unspecified atom stereocenters. The van der Waals surface area contributed by atoms with Gasteiger partial charge in [-0.3, -0.25) is 0 Å². The van der Waals surface area contributed by atoms with Crippen LogP contribution in [0.2, 0.25) is 0 Å². The summed E-state index contributed by atoms with van der Waals surface area (Å²) in [5.41, 5.74) is 0. The molecule has 0 saturated carbocycles. The summed E-state index contributed by atoms with van der Waals surface area (Å²) in [5.74, 6) is 0.282. The molecule has 0 aromatic heterocycles. The van der Waals surface area contributed by atoms with Crippen LogP contribution in [0.25, 0.3) is 0 Å². The third-order valence-electron chi connectivity index (χ3n) is 1.03. The lowest BCUT2D eigenvalue weighted by Gasteiger charge is -1.95. The van der Waals surface area contributed by atoms with Crippen molar-refractivity contribution in [3.63, 3.8) is 0 Å². The summed E-state index contributed by atoms with van der Waals surface area (Å²) < 4.78 is 17.0. The molecule has 0 spiro atoms. The van der Waals surface area contributed by atoms with Gasteiger partial charge in [0, 0.05) is 6.07 Å². The van der Waals surface area contributed by atoms with Gasteiger partial charge >= 0.3 is 7.69 Å². The van der Waals surface area contributed by atoms with E-state index in [1.165, 1.54) is 19.2 Å². The van der Waals surface area contributed by atoms with Crippen LogP contribution < -0.4 is 4.74 Å². The molecule has 0 aliphatic carbocycles. The fraction of sp³-hybridized carbons (Fsp3) is 0.143. The number of methoxy groups -OCH3 is 1. The Morgan fingerprint density at radius 1 is 1.42 bits per heavy atom. The SMILES string of the molecule is COc1cccc(F)c1.OBO. The van der Waals surface area contributed by atoms with Crippen molar-refractivity contribution in [3.05, 3.63) is 30.1 Å². The molecular weight excluding hydrogens is 162 g/mol. The molecule has 1 aromatic carbocycles. The molecule has 12 heavy (non-hydrogen) atoms. The van der Waals surface area contributed by atoms with E-state index in [0.29, 0.717) is 5.75 Å². The lowest BCUT2D eigenvalue weighted by molar-refractivity contribution is 0.411. The van der Waals surface area contributed by atoms with Crippen molar-refractivity contribution < 1.29 is 19.2 Å². The maximum Gasteiger partial charge on any atom is 0.432 e. The van der Waals surface area contributed by atoms with E-state index in [9.17, 15) is 4.39 Å². The Kier molecular flexibility index (Phi) is 6.04. The topological polar surface area (TPSA) is 49.7 Å². The molecule has 1 aromatic rings. The van der Waals surface area contributed by atoms with Crippen molar-refractivity contribution in [3.8, 4) is 5.75 Å². The molecule has 2 N–H and O–H groups in total. The van der Waals surface area contributed by atoms with E-state index in [4.69, 9.17) is 14.8 Å². The standard InChI is InChI=1S/C7H7FO.BH3O2/c1-9-7-4-2-3-6(8)5-7;2-1-3/h2-5H,1H3;1-3H. The average molecular weight is 172 g/mol.